The fraction of sp³-hybridized carbons (Fsp3) is 0.556. The van der Waals surface area contributed by atoms with Gasteiger partial charge in [-0.15, -0.1) is 0 Å². The summed E-state index contributed by atoms with van der Waals surface area (Å²) in [5.74, 6) is 1.48. The third-order valence-electron chi connectivity index (χ3n) is 1.65. The van der Waals surface area contributed by atoms with E-state index in [1.165, 1.54) is 6.33 Å². The molecule has 72 valence electrons. The van der Waals surface area contributed by atoms with Crippen LogP contribution in [0.2, 0.25) is 5.15 Å². The van der Waals surface area contributed by atoms with Crippen molar-refractivity contribution in [3.8, 4) is 0 Å². The van der Waals surface area contributed by atoms with E-state index in [1.807, 2.05) is 7.05 Å². The van der Waals surface area contributed by atoms with Gasteiger partial charge in [-0.25, -0.2) is 9.97 Å². The highest BCUT2D eigenvalue weighted by Crippen LogP contribution is 2.13. The Hall–Kier alpha value is -0.830. The Morgan fingerprint density at radius 3 is 2.69 bits per heavy atom. The monoisotopic (exact) mass is 199 g/mol. The molecule has 0 atom stereocenters. The summed E-state index contributed by atoms with van der Waals surface area (Å²) >= 11 is 5.75. The molecule has 0 saturated carbocycles. The Morgan fingerprint density at radius 1 is 1.46 bits per heavy atom. The predicted molar refractivity (Wildman–Crippen MR) is 55.2 cm³/mol. The lowest BCUT2D eigenvalue weighted by molar-refractivity contribution is 0.634. The zero-order chi connectivity index (χ0) is 9.84. The maximum absolute atomic E-state index is 5.75. The van der Waals surface area contributed by atoms with Gasteiger partial charge >= 0.3 is 0 Å². The van der Waals surface area contributed by atoms with Gasteiger partial charge in [0.25, 0.3) is 0 Å². The molecule has 1 rings (SSSR count). The van der Waals surface area contributed by atoms with Crippen LogP contribution in [0.3, 0.4) is 0 Å². The lowest BCUT2D eigenvalue weighted by atomic mass is 10.2. The van der Waals surface area contributed by atoms with Crippen LogP contribution in [0, 0.1) is 5.92 Å². The molecule has 4 heteroatoms. The zero-order valence-electron chi connectivity index (χ0n) is 8.16. The van der Waals surface area contributed by atoms with Gasteiger partial charge in [0.05, 0.1) is 0 Å². The Bertz CT molecular complexity index is 275. The molecular weight excluding hydrogens is 186 g/mol. The average molecular weight is 200 g/mol. The van der Waals surface area contributed by atoms with Crippen LogP contribution in [-0.2, 0) is 0 Å². The molecule has 1 heterocycles. The number of hydrogen-bond acceptors (Lipinski definition) is 3. The van der Waals surface area contributed by atoms with Gasteiger partial charge in [-0.2, -0.15) is 0 Å². The molecule has 0 radical (unpaired) electrons. The maximum atomic E-state index is 5.75. The molecule has 0 aliphatic heterocycles. The third-order valence-corrected chi connectivity index (χ3v) is 1.86. The second kappa shape index (κ2) is 4.42. The van der Waals surface area contributed by atoms with E-state index in [0.29, 0.717) is 11.1 Å². The van der Waals surface area contributed by atoms with Crippen molar-refractivity contribution in [2.45, 2.75) is 13.8 Å². The van der Waals surface area contributed by atoms with E-state index in [9.17, 15) is 0 Å². The molecular formula is C9H14ClN3. The van der Waals surface area contributed by atoms with Crippen LogP contribution >= 0.6 is 11.6 Å². The molecule has 1 aromatic rings. The fourth-order valence-electron chi connectivity index (χ4n) is 1.17. The van der Waals surface area contributed by atoms with E-state index < -0.39 is 0 Å². The van der Waals surface area contributed by atoms with Crippen LogP contribution in [-0.4, -0.2) is 23.6 Å². The maximum Gasteiger partial charge on any atom is 0.134 e. The van der Waals surface area contributed by atoms with Crippen molar-refractivity contribution in [3.05, 3.63) is 17.5 Å². The molecule has 0 aromatic carbocycles. The first-order chi connectivity index (χ1) is 6.09. The summed E-state index contributed by atoms with van der Waals surface area (Å²) in [6, 6.07) is 1.77. The fourth-order valence-corrected chi connectivity index (χ4v) is 1.32. The summed E-state index contributed by atoms with van der Waals surface area (Å²) in [4.78, 5) is 10.0. The largest absolute Gasteiger partial charge is 0.359 e. The van der Waals surface area contributed by atoms with Gasteiger partial charge in [-0.3, -0.25) is 0 Å². The van der Waals surface area contributed by atoms with E-state index in [0.717, 1.165) is 12.4 Å². The molecule has 3 nitrogen and oxygen atoms in total. The van der Waals surface area contributed by atoms with Crippen molar-refractivity contribution in [2.24, 2.45) is 5.92 Å². The molecule has 0 spiro atoms. The standard InChI is InChI=1S/C9H14ClN3/c1-7(2)5-13(3)9-4-8(10)11-6-12-9/h4,6-7H,5H2,1-3H3. The predicted octanol–water partition coefficient (Wildman–Crippen LogP) is 2.22. The van der Waals surface area contributed by atoms with Crippen LogP contribution in [0.4, 0.5) is 5.82 Å². The summed E-state index contributed by atoms with van der Waals surface area (Å²) in [7, 11) is 2.00. The van der Waals surface area contributed by atoms with Crippen LogP contribution in [0.25, 0.3) is 0 Å². The number of rotatable bonds is 3. The molecule has 0 bridgehead atoms. The Balaban J connectivity index is 2.71. The number of halogens is 1. The Morgan fingerprint density at radius 2 is 2.15 bits per heavy atom. The van der Waals surface area contributed by atoms with Gasteiger partial charge in [-0.1, -0.05) is 25.4 Å². The zero-order valence-corrected chi connectivity index (χ0v) is 8.91. The van der Waals surface area contributed by atoms with E-state index in [2.05, 4.69) is 28.7 Å². The van der Waals surface area contributed by atoms with Gasteiger partial charge in [0.2, 0.25) is 0 Å². The Labute approximate surface area is 83.8 Å². The molecule has 1 aromatic heterocycles. The number of nitrogens with zero attached hydrogens (tertiary/aromatic N) is 3. The lowest BCUT2D eigenvalue weighted by Gasteiger charge is -2.19. The number of hydrogen-bond donors (Lipinski definition) is 0. The topological polar surface area (TPSA) is 29.0 Å². The normalized spacial score (nSPS) is 10.5. The molecule has 0 unspecified atom stereocenters. The van der Waals surface area contributed by atoms with Crippen LogP contribution < -0.4 is 4.90 Å². The summed E-state index contributed by atoms with van der Waals surface area (Å²) in [5.41, 5.74) is 0. The van der Waals surface area contributed by atoms with Crippen molar-refractivity contribution < 1.29 is 0 Å². The van der Waals surface area contributed by atoms with E-state index >= 15 is 0 Å². The summed E-state index contributed by atoms with van der Waals surface area (Å²) in [5, 5.41) is 0.487. The average Bonchev–Trinajstić information content (AvgIpc) is 2.03. The second-order valence-electron chi connectivity index (χ2n) is 3.47. The highest BCUT2D eigenvalue weighted by Gasteiger charge is 2.04. The van der Waals surface area contributed by atoms with Crippen LogP contribution in [0.15, 0.2) is 12.4 Å². The highest BCUT2D eigenvalue weighted by molar-refractivity contribution is 6.29. The van der Waals surface area contributed by atoms with Gasteiger partial charge in [0, 0.05) is 19.7 Å². The molecule has 0 fully saturated rings. The molecule has 0 saturated heterocycles. The van der Waals surface area contributed by atoms with Gasteiger partial charge < -0.3 is 4.90 Å². The molecule has 0 aliphatic rings. The second-order valence-corrected chi connectivity index (χ2v) is 3.86. The lowest BCUT2D eigenvalue weighted by Crippen LogP contribution is -2.23. The SMILES string of the molecule is CC(C)CN(C)c1cc(Cl)ncn1. The molecule has 13 heavy (non-hydrogen) atoms. The summed E-state index contributed by atoms with van der Waals surface area (Å²) in [6.07, 6.45) is 1.48. The van der Waals surface area contributed by atoms with Crippen molar-refractivity contribution >= 4 is 17.4 Å². The smallest absolute Gasteiger partial charge is 0.134 e. The molecule has 0 N–H and O–H groups in total. The van der Waals surface area contributed by atoms with Gasteiger partial charge in [0.15, 0.2) is 0 Å². The van der Waals surface area contributed by atoms with E-state index in [-0.39, 0.29) is 0 Å². The minimum atomic E-state index is 0.487. The minimum Gasteiger partial charge on any atom is -0.359 e. The van der Waals surface area contributed by atoms with Gasteiger partial charge in [-0.05, 0) is 5.92 Å². The van der Waals surface area contributed by atoms with Crippen LogP contribution in [0.1, 0.15) is 13.8 Å². The van der Waals surface area contributed by atoms with Crippen LogP contribution in [0.5, 0.6) is 0 Å². The first kappa shape index (κ1) is 10.3. The first-order valence-electron chi connectivity index (χ1n) is 4.28. The molecule has 0 aliphatic carbocycles. The van der Waals surface area contributed by atoms with E-state index in [4.69, 9.17) is 11.6 Å². The third kappa shape index (κ3) is 3.19. The first-order valence-corrected chi connectivity index (χ1v) is 4.66. The summed E-state index contributed by atoms with van der Waals surface area (Å²) in [6.45, 7) is 5.30. The van der Waals surface area contributed by atoms with E-state index in [1.54, 1.807) is 6.07 Å². The van der Waals surface area contributed by atoms with Gasteiger partial charge in [0.1, 0.15) is 17.3 Å². The van der Waals surface area contributed by atoms with Crippen molar-refractivity contribution in [3.63, 3.8) is 0 Å². The van der Waals surface area contributed by atoms with Crippen molar-refractivity contribution in [1.82, 2.24) is 9.97 Å². The highest BCUT2D eigenvalue weighted by atomic mass is 35.5. The van der Waals surface area contributed by atoms with Crippen molar-refractivity contribution in [2.75, 3.05) is 18.5 Å². The molecule has 0 amide bonds. The minimum absolute atomic E-state index is 0.487. The quantitative estimate of drug-likeness (QED) is 0.700. The van der Waals surface area contributed by atoms with Crippen molar-refractivity contribution in [1.29, 1.82) is 0 Å². The summed E-state index contributed by atoms with van der Waals surface area (Å²) < 4.78 is 0. The Kier molecular flexibility index (Phi) is 3.48. The number of anilines is 1. The number of aromatic nitrogens is 2.